The molecule has 1 heterocycles. The van der Waals surface area contributed by atoms with Crippen molar-refractivity contribution in [2.45, 2.75) is 76.1 Å². The highest BCUT2D eigenvalue weighted by Gasteiger charge is 2.42. The van der Waals surface area contributed by atoms with Crippen molar-refractivity contribution in [3.8, 4) is 5.75 Å². The molecule has 0 radical (unpaired) electrons. The van der Waals surface area contributed by atoms with Crippen LogP contribution in [-0.4, -0.2) is 24.8 Å². The number of nitrogens with two attached hydrogens (primary N) is 1. The minimum Gasteiger partial charge on any atom is -0.494 e. The predicted octanol–water partition coefficient (Wildman–Crippen LogP) is 5.69. The lowest BCUT2D eigenvalue weighted by molar-refractivity contribution is 0.114. The molecule has 3 aliphatic rings. The molecule has 3 N–H and O–H groups in total. The minimum atomic E-state index is -0.367. The van der Waals surface area contributed by atoms with E-state index in [9.17, 15) is 4.79 Å². The zero-order valence-corrected chi connectivity index (χ0v) is 18.8. The first kappa shape index (κ1) is 21.1. The Labute approximate surface area is 190 Å². The Bertz CT molecular complexity index is 951. The molecule has 2 aliphatic carbocycles. The normalized spacial score (nSPS) is 23.0. The predicted molar refractivity (Wildman–Crippen MR) is 126 cm³/mol. The van der Waals surface area contributed by atoms with Crippen molar-refractivity contribution in [2.24, 2.45) is 5.73 Å². The van der Waals surface area contributed by atoms with Crippen molar-refractivity contribution in [1.82, 2.24) is 0 Å². The Morgan fingerprint density at radius 2 is 1.81 bits per heavy atom. The number of hydrogen-bond acceptors (Lipinski definition) is 5. The topological polar surface area (TPSA) is 76.8 Å². The third-order valence-corrected chi connectivity index (χ3v) is 7.13. The molecule has 6 nitrogen and oxygen atoms in total. The van der Waals surface area contributed by atoms with Crippen molar-refractivity contribution >= 4 is 17.5 Å². The average Bonchev–Trinajstić information content (AvgIpc) is 3.35. The van der Waals surface area contributed by atoms with Crippen LogP contribution in [-0.2, 0) is 4.74 Å². The minimum absolute atomic E-state index is 0.0573. The molecular weight excluding hydrogens is 402 g/mol. The van der Waals surface area contributed by atoms with Gasteiger partial charge in [-0.1, -0.05) is 18.2 Å². The lowest BCUT2D eigenvalue weighted by Crippen LogP contribution is -2.42. The number of ether oxygens (including phenoxy) is 2. The summed E-state index contributed by atoms with van der Waals surface area (Å²) in [7, 11) is 0. The second kappa shape index (κ2) is 9.02. The molecule has 2 saturated carbocycles. The molecule has 0 saturated heterocycles. The van der Waals surface area contributed by atoms with Gasteiger partial charge in [-0.25, -0.2) is 4.79 Å². The molecule has 0 aromatic heterocycles. The fraction of sp³-hybridized carbons (Fsp3) is 0.500. The van der Waals surface area contributed by atoms with E-state index in [1.54, 1.807) is 0 Å². The highest BCUT2D eigenvalue weighted by atomic mass is 16.6. The Morgan fingerprint density at radius 1 is 1.06 bits per heavy atom. The summed E-state index contributed by atoms with van der Waals surface area (Å²) in [5.74, 6) is 0.892. The van der Waals surface area contributed by atoms with Gasteiger partial charge < -0.3 is 20.1 Å². The Morgan fingerprint density at radius 3 is 2.47 bits per heavy atom. The number of benzene rings is 2. The van der Waals surface area contributed by atoms with Crippen LogP contribution in [0.3, 0.4) is 0 Å². The van der Waals surface area contributed by atoms with Gasteiger partial charge >= 0.3 is 6.09 Å². The van der Waals surface area contributed by atoms with E-state index >= 15 is 0 Å². The first-order valence-electron chi connectivity index (χ1n) is 12.0. The number of carbonyl (C=O) groups is 1. The van der Waals surface area contributed by atoms with Crippen LogP contribution in [0.1, 0.15) is 75.1 Å². The third kappa shape index (κ3) is 4.04. The molecule has 2 atom stereocenters. The van der Waals surface area contributed by atoms with Crippen molar-refractivity contribution in [2.75, 3.05) is 16.8 Å². The molecule has 2 fully saturated rings. The van der Waals surface area contributed by atoms with Crippen LogP contribution in [0.15, 0.2) is 42.5 Å². The van der Waals surface area contributed by atoms with E-state index in [4.69, 9.17) is 15.2 Å². The maximum absolute atomic E-state index is 12.2. The van der Waals surface area contributed by atoms with Crippen LogP contribution in [0.4, 0.5) is 16.2 Å². The number of nitrogens with zero attached hydrogens (tertiary/aromatic N) is 1. The summed E-state index contributed by atoms with van der Waals surface area (Å²) in [5.41, 5.74) is 11.1. The first-order valence-corrected chi connectivity index (χ1v) is 12.0. The van der Waals surface area contributed by atoms with Crippen LogP contribution >= 0.6 is 0 Å². The van der Waals surface area contributed by atoms with Gasteiger partial charge in [0.05, 0.1) is 18.7 Å². The SMILES string of the molecule is CCOc1ccc2c(c1)N(C1CCC1)C(c1ccc(NC(=O)OC3CCCC3)cc1)C2N. The Hall–Kier alpha value is -2.73. The van der Waals surface area contributed by atoms with E-state index in [1.807, 2.05) is 25.1 Å². The highest BCUT2D eigenvalue weighted by Crippen LogP contribution is 2.51. The van der Waals surface area contributed by atoms with Gasteiger partial charge in [-0.2, -0.15) is 0 Å². The Kier molecular flexibility index (Phi) is 5.96. The molecule has 1 amide bonds. The van der Waals surface area contributed by atoms with Gasteiger partial charge in [0.25, 0.3) is 0 Å². The van der Waals surface area contributed by atoms with Crippen LogP contribution in [0.25, 0.3) is 0 Å². The number of fused-ring (bicyclic) bond motifs is 1. The fourth-order valence-electron chi connectivity index (χ4n) is 5.30. The van der Waals surface area contributed by atoms with Crippen molar-refractivity contribution in [3.05, 3.63) is 53.6 Å². The number of anilines is 2. The number of carbonyl (C=O) groups excluding carboxylic acids is 1. The summed E-state index contributed by atoms with van der Waals surface area (Å²) in [6, 6.07) is 14.8. The monoisotopic (exact) mass is 435 g/mol. The molecule has 2 aromatic rings. The van der Waals surface area contributed by atoms with Gasteiger partial charge in [0.2, 0.25) is 0 Å². The highest BCUT2D eigenvalue weighted by molar-refractivity contribution is 5.84. The molecule has 6 heteroatoms. The smallest absolute Gasteiger partial charge is 0.411 e. The van der Waals surface area contributed by atoms with Crippen LogP contribution in [0.5, 0.6) is 5.75 Å². The van der Waals surface area contributed by atoms with Gasteiger partial charge in [-0.15, -0.1) is 0 Å². The third-order valence-electron chi connectivity index (χ3n) is 7.13. The molecular formula is C26H33N3O3. The number of amides is 1. The van der Waals surface area contributed by atoms with E-state index in [0.717, 1.165) is 42.7 Å². The fourth-order valence-corrected chi connectivity index (χ4v) is 5.30. The second-order valence-corrected chi connectivity index (χ2v) is 9.18. The van der Waals surface area contributed by atoms with Crippen molar-refractivity contribution in [1.29, 1.82) is 0 Å². The summed E-state index contributed by atoms with van der Waals surface area (Å²) in [5, 5.41) is 2.87. The molecule has 5 rings (SSSR count). The average molecular weight is 436 g/mol. The van der Waals surface area contributed by atoms with E-state index in [2.05, 4.69) is 34.5 Å². The summed E-state index contributed by atoms with van der Waals surface area (Å²) in [6.07, 6.45) is 7.54. The maximum Gasteiger partial charge on any atom is 0.411 e. The van der Waals surface area contributed by atoms with E-state index < -0.39 is 0 Å². The largest absolute Gasteiger partial charge is 0.494 e. The van der Waals surface area contributed by atoms with Crippen molar-refractivity contribution in [3.63, 3.8) is 0 Å². The zero-order chi connectivity index (χ0) is 22.1. The van der Waals surface area contributed by atoms with E-state index in [-0.39, 0.29) is 24.3 Å². The molecule has 32 heavy (non-hydrogen) atoms. The van der Waals surface area contributed by atoms with Gasteiger partial charge in [0.1, 0.15) is 11.9 Å². The molecule has 1 aliphatic heterocycles. The van der Waals surface area contributed by atoms with Gasteiger partial charge in [0.15, 0.2) is 0 Å². The van der Waals surface area contributed by atoms with E-state index in [0.29, 0.717) is 12.6 Å². The van der Waals surface area contributed by atoms with Crippen LogP contribution in [0, 0.1) is 0 Å². The molecule has 170 valence electrons. The maximum atomic E-state index is 12.2. The first-order chi connectivity index (χ1) is 15.6. The summed E-state index contributed by atoms with van der Waals surface area (Å²) in [6.45, 7) is 2.65. The summed E-state index contributed by atoms with van der Waals surface area (Å²) < 4.78 is 11.3. The molecule has 2 aromatic carbocycles. The number of rotatable bonds is 6. The molecule has 0 spiro atoms. The summed E-state index contributed by atoms with van der Waals surface area (Å²) >= 11 is 0. The number of hydrogen-bond donors (Lipinski definition) is 2. The van der Waals surface area contributed by atoms with Crippen molar-refractivity contribution < 1.29 is 14.3 Å². The van der Waals surface area contributed by atoms with Gasteiger partial charge in [0, 0.05) is 23.5 Å². The number of nitrogens with one attached hydrogen (secondary N) is 1. The van der Waals surface area contributed by atoms with E-state index in [1.165, 1.54) is 30.5 Å². The standard InChI is InChI=1S/C26H33N3O3/c1-2-31-21-14-15-22-23(16-21)29(19-6-5-7-19)25(24(22)27)17-10-12-18(13-11-17)28-26(30)32-20-8-3-4-9-20/h10-16,19-20,24-25H,2-9,27H2,1H3,(H,28,30). The zero-order valence-electron chi connectivity index (χ0n) is 18.8. The molecule has 2 unspecified atom stereocenters. The van der Waals surface area contributed by atoms with Crippen LogP contribution in [0.2, 0.25) is 0 Å². The lowest BCUT2D eigenvalue weighted by atomic mass is 9.89. The lowest BCUT2D eigenvalue weighted by Gasteiger charge is -2.41. The molecule has 0 bridgehead atoms. The van der Waals surface area contributed by atoms with Crippen LogP contribution < -0.4 is 20.7 Å². The quantitative estimate of drug-likeness (QED) is 0.609. The van der Waals surface area contributed by atoms with Gasteiger partial charge in [-0.3, -0.25) is 5.32 Å². The summed E-state index contributed by atoms with van der Waals surface area (Å²) in [4.78, 5) is 14.7. The Balaban J connectivity index is 1.35. The van der Waals surface area contributed by atoms with Gasteiger partial charge in [-0.05, 0) is 81.2 Å². The second-order valence-electron chi connectivity index (χ2n) is 9.18.